The highest BCUT2D eigenvalue weighted by Crippen LogP contribution is 2.36. The summed E-state index contributed by atoms with van der Waals surface area (Å²) in [7, 11) is 1.40. The van der Waals surface area contributed by atoms with Crippen molar-refractivity contribution < 1.29 is 19.1 Å². The molecule has 0 aliphatic heterocycles. The SMILES string of the molecule is COc1cc(C(=O)NCCC(C)N)cc(Cl)c1OCC(N)=O.Cl. The standard InChI is InChI=1S/C14H20ClN3O4.ClH/c1-8(16)3-4-18-14(20)9-5-10(15)13(11(6-9)21-2)22-7-12(17)19;/h5-6,8H,3-4,7,16H2,1-2H3,(H2,17,19)(H,18,20);1H. The number of benzene rings is 1. The molecule has 0 aliphatic carbocycles. The first-order valence-electron chi connectivity index (χ1n) is 6.67. The van der Waals surface area contributed by atoms with Gasteiger partial charge in [0.2, 0.25) is 0 Å². The van der Waals surface area contributed by atoms with Crippen molar-refractivity contribution in [2.45, 2.75) is 19.4 Å². The van der Waals surface area contributed by atoms with Gasteiger partial charge in [-0.25, -0.2) is 0 Å². The number of carbonyl (C=O) groups excluding carboxylic acids is 2. The molecule has 0 aromatic heterocycles. The summed E-state index contributed by atoms with van der Waals surface area (Å²) in [4.78, 5) is 22.8. The Morgan fingerprint density at radius 1 is 1.39 bits per heavy atom. The zero-order valence-electron chi connectivity index (χ0n) is 12.9. The van der Waals surface area contributed by atoms with E-state index in [0.29, 0.717) is 18.5 Å². The van der Waals surface area contributed by atoms with E-state index in [4.69, 9.17) is 32.5 Å². The van der Waals surface area contributed by atoms with E-state index in [1.807, 2.05) is 6.92 Å². The Hall–Kier alpha value is -1.70. The molecule has 0 radical (unpaired) electrons. The van der Waals surface area contributed by atoms with Crippen LogP contribution in [0, 0.1) is 0 Å². The summed E-state index contributed by atoms with van der Waals surface area (Å²) in [6.45, 7) is 1.98. The molecule has 9 heteroatoms. The number of methoxy groups -OCH3 is 1. The van der Waals surface area contributed by atoms with Crippen molar-refractivity contribution in [2.75, 3.05) is 20.3 Å². The van der Waals surface area contributed by atoms with E-state index in [-0.39, 0.29) is 47.5 Å². The van der Waals surface area contributed by atoms with Crippen LogP contribution in [0.1, 0.15) is 23.7 Å². The summed E-state index contributed by atoms with van der Waals surface area (Å²) in [5, 5.41) is 2.88. The van der Waals surface area contributed by atoms with Crippen LogP contribution >= 0.6 is 24.0 Å². The number of halogens is 2. The largest absolute Gasteiger partial charge is 0.493 e. The third kappa shape index (κ3) is 6.94. The Bertz CT molecular complexity index is 553. The average Bonchev–Trinajstić information content (AvgIpc) is 2.44. The molecule has 0 fully saturated rings. The fourth-order valence-corrected chi connectivity index (χ4v) is 1.91. The number of nitrogens with one attached hydrogen (secondary N) is 1. The predicted molar refractivity (Wildman–Crippen MR) is 90.5 cm³/mol. The van der Waals surface area contributed by atoms with Crippen molar-refractivity contribution >= 4 is 35.8 Å². The minimum Gasteiger partial charge on any atom is -0.493 e. The van der Waals surface area contributed by atoms with Gasteiger partial charge in [0.25, 0.3) is 11.8 Å². The summed E-state index contributed by atoms with van der Waals surface area (Å²) in [5.41, 5.74) is 11.0. The molecule has 1 aromatic rings. The molecule has 23 heavy (non-hydrogen) atoms. The molecule has 0 saturated carbocycles. The van der Waals surface area contributed by atoms with E-state index >= 15 is 0 Å². The van der Waals surface area contributed by atoms with Crippen molar-refractivity contribution in [1.29, 1.82) is 0 Å². The molecular weight excluding hydrogens is 345 g/mol. The molecule has 7 nitrogen and oxygen atoms in total. The van der Waals surface area contributed by atoms with E-state index in [2.05, 4.69) is 5.32 Å². The number of nitrogens with two attached hydrogens (primary N) is 2. The molecule has 0 aliphatic rings. The van der Waals surface area contributed by atoms with Gasteiger partial charge in [-0.2, -0.15) is 0 Å². The van der Waals surface area contributed by atoms with Gasteiger partial charge in [0.05, 0.1) is 12.1 Å². The Balaban J connectivity index is 0.00000484. The van der Waals surface area contributed by atoms with Crippen molar-refractivity contribution in [3.63, 3.8) is 0 Å². The Morgan fingerprint density at radius 2 is 2.04 bits per heavy atom. The average molecular weight is 366 g/mol. The zero-order chi connectivity index (χ0) is 16.7. The van der Waals surface area contributed by atoms with Gasteiger partial charge in [0.15, 0.2) is 18.1 Å². The van der Waals surface area contributed by atoms with Gasteiger partial charge in [0.1, 0.15) is 0 Å². The molecule has 1 atom stereocenters. The third-order valence-corrected chi connectivity index (χ3v) is 3.02. The summed E-state index contributed by atoms with van der Waals surface area (Å²) < 4.78 is 10.3. The van der Waals surface area contributed by atoms with Crippen LogP contribution in [0.4, 0.5) is 0 Å². The molecule has 0 saturated heterocycles. The van der Waals surface area contributed by atoms with Gasteiger partial charge >= 0.3 is 0 Å². The first-order valence-corrected chi connectivity index (χ1v) is 7.05. The summed E-state index contributed by atoms with van der Waals surface area (Å²) in [6, 6.07) is 2.91. The summed E-state index contributed by atoms with van der Waals surface area (Å²) in [6.07, 6.45) is 0.663. The predicted octanol–water partition coefficient (Wildman–Crippen LogP) is 1.10. The lowest BCUT2D eigenvalue weighted by molar-refractivity contribution is -0.119. The van der Waals surface area contributed by atoms with Gasteiger partial charge in [-0.3, -0.25) is 9.59 Å². The van der Waals surface area contributed by atoms with E-state index in [1.165, 1.54) is 19.2 Å². The van der Waals surface area contributed by atoms with E-state index in [1.54, 1.807) is 0 Å². The van der Waals surface area contributed by atoms with Gasteiger partial charge in [-0.15, -0.1) is 12.4 Å². The Labute approximate surface area is 146 Å². The van der Waals surface area contributed by atoms with E-state index in [0.717, 1.165) is 0 Å². The minimum absolute atomic E-state index is 0. The second-order valence-electron chi connectivity index (χ2n) is 4.77. The molecule has 1 rings (SSSR count). The highest BCUT2D eigenvalue weighted by molar-refractivity contribution is 6.32. The van der Waals surface area contributed by atoms with Gasteiger partial charge in [-0.05, 0) is 25.5 Å². The molecule has 130 valence electrons. The van der Waals surface area contributed by atoms with Crippen LogP contribution in [0.5, 0.6) is 11.5 Å². The highest BCUT2D eigenvalue weighted by Gasteiger charge is 2.16. The lowest BCUT2D eigenvalue weighted by Gasteiger charge is -2.13. The second-order valence-corrected chi connectivity index (χ2v) is 5.17. The molecule has 0 heterocycles. The van der Waals surface area contributed by atoms with Crippen LogP contribution in [0.3, 0.4) is 0 Å². The molecule has 5 N–H and O–H groups in total. The molecular formula is C14H21Cl2N3O4. The fourth-order valence-electron chi connectivity index (χ4n) is 1.65. The molecule has 0 spiro atoms. The van der Waals surface area contributed by atoms with Crippen LogP contribution < -0.4 is 26.3 Å². The fraction of sp³-hybridized carbons (Fsp3) is 0.429. The topological polar surface area (TPSA) is 117 Å². The molecule has 1 aromatic carbocycles. The smallest absolute Gasteiger partial charge is 0.255 e. The maximum absolute atomic E-state index is 12.0. The van der Waals surface area contributed by atoms with Crippen LogP contribution in [0.2, 0.25) is 5.02 Å². The molecule has 0 bridgehead atoms. The van der Waals surface area contributed by atoms with Gasteiger partial charge < -0.3 is 26.3 Å². The third-order valence-electron chi connectivity index (χ3n) is 2.74. The Kier molecular flexibility index (Phi) is 9.40. The summed E-state index contributed by atoms with van der Waals surface area (Å²) >= 11 is 6.07. The molecule has 2 amide bonds. The number of hydrogen-bond donors (Lipinski definition) is 3. The normalized spacial score (nSPS) is 11.1. The number of carbonyl (C=O) groups is 2. The number of hydrogen-bond acceptors (Lipinski definition) is 5. The number of primary amides is 1. The number of ether oxygens (including phenoxy) is 2. The van der Waals surface area contributed by atoms with Gasteiger partial charge in [-0.1, -0.05) is 11.6 Å². The summed E-state index contributed by atoms with van der Waals surface area (Å²) in [5.74, 6) is -0.542. The lowest BCUT2D eigenvalue weighted by atomic mass is 10.1. The van der Waals surface area contributed by atoms with Crippen molar-refractivity contribution in [3.05, 3.63) is 22.7 Å². The number of amides is 2. The zero-order valence-corrected chi connectivity index (χ0v) is 14.5. The van der Waals surface area contributed by atoms with Crippen LogP contribution in [0.15, 0.2) is 12.1 Å². The molecule has 1 unspecified atom stereocenters. The second kappa shape index (κ2) is 10.1. The van der Waals surface area contributed by atoms with Gasteiger partial charge in [0, 0.05) is 18.2 Å². The van der Waals surface area contributed by atoms with Crippen LogP contribution in [-0.2, 0) is 4.79 Å². The van der Waals surface area contributed by atoms with Crippen molar-refractivity contribution in [2.24, 2.45) is 11.5 Å². The minimum atomic E-state index is -0.643. The van der Waals surface area contributed by atoms with Crippen molar-refractivity contribution in [3.8, 4) is 11.5 Å². The first kappa shape index (κ1) is 21.3. The Morgan fingerprint density at radius 3 is 2.57 bits per heavy atom. The van der Waals surface area contributed by atoms with Crippen LogP contribution in [0.25, 0.3) is 0 Å². The van der Waals surface area contributed by atoms with E-state index < -0.39 is 5.91 Å². The van der Waals surface area contributed by atoms with E-state index in [9.17, 15) is 9.59 Å². The highest BCUT2D eigenvalue weighted by atomic mass is 35.5. The maximum Gasteiger partial charge on any atom is 0.255 e. The lowest BCUT2D eigenvalue weighted by Crippen LogP contribution is -2.29. The quantitative estimate of drug-likeness (QED) is 0.637. The maximum atomic E-state index is 12.0. The number of rotatable bonds is 8. The van der Waals surface area contributed by atoms with Crippen molar-refractivity contribution in [1.82, 2.24) is 5.32 Å². The monoisotopic (exact) mass is 365 g/mol. The first-order chi connectivity index (χ1) is 10.3. The van der Waals surface area contributed by atoms with Crippen LogP contribution in [-0.4, -0.2) is 38.1 Å².